The van der Waals surface area contributed by atoms with Crippen LogP contribution in [0.25, 0.3) is 5.69 Å². The monoisotopic (exact) mass is 357 g/mol. The molecule has 138 valence electrons. The predicted octanol–water partition coefficient (Wildman–Crippen LogP) is 2.24. The van der Waals surface area contributed by atoms with Crippen molar-refractivity contribution in [3.8, 4) is 5.69 Å². The van der Waals surface area contributed by atoms with Crippen molar-refractivity contribution in [2.24, 2.45) is 0 Å². The second-order valence-electron chi connectivity index (χ2n) is 6.81. The van der Waals surface area contributed by atoms with Gasteiger partial charge in [0.15, 0.2) is 0 Å². The number of hydrogen-bond acceptors (Lipinski definition) is 4. The normalized spacial score (nSPS) is 16.2. The number of aliphatic carboxylic acids is 1. The molecule has 0 spiro atoms. The highest BCUT2D eigenvalue weighted by Crippen LogP contribution is 2.26. The summed E-state index contributed by atoms with van der Waals surface area (Å²) in [6, 6.07) is 7.86. The Morgan fingerprint density at radius 1 is 1.31 bits per heavy atom. The van der Waals surface area contributed by atoms with Gasteiger partial charge in [0.05, 0.1) is 35.1 Å². The zero-order valence-corrected chi connectivity index (χ0v) is 15.0. The summed E-state index contributed by atoms with van der Waals surface area (Å²) in [5.74, 6) is -1.23. The first kappa shape index (κ1) is 18.1. The largest absolute Gasteiger partial charge is 0.481 e. The maximum absolute atomic E-state index is 12.8. The Bertz CT molecular complexity index is 822. The smallest absolute Gasteiger partial charge is 0.305 e. The number of carbonyl (C=O) groups excluding carboxylic acids is 1. The minimum atomic E-state index is -0.931. The first-order chi connectivity index (χ1) is 12.4. The Labute approximate surface area is 152 Å². The molecule has 1 aromatic carbocycles. The van der Waals surface area contributed by atoms with Crippen LogP contribution in [0.1, 0.15) is 40.9 Å². The molecule has 0 atom stereocenters. The second-order valence-corrected chi connectivity index (χ2v) is 6.81. The highest BCUT2D eigenvalue weighted by atomic mass is 16.5. The Balaban J connectivity index is 1.84. The van der Waals surface area contributed by atoms with Crippen molar-refractivity contribution in [1.82, 2.24) is 15.1 Å². The topological polar surface area (TPSA) is 93.5 Å². The number of aryl methyl sites for hydroxylation is 1. The fraction of sp³-hybridized carbons (Fsp3) is 0.421. The molecule has 1 amide bonds. The van der Waals surface area contributed by atoms with E-state index in [0.29, 0.717) is 37.3 Å². The zero-order valence-electron chi connectivity index (χ0n) is 15.0. The average Bonchev–Trinajstić information content (AvgIpc) is 2.96. The van der Waals surface area contributed by atoms with Crippen LogP contribution in [0.4, 0.5) is 0 Å². The van der Waals surface area contributed by atoms with Crippen LogP contribution in [0, 0.1) is 13.8 Å². The fourth-order valence-corrected chi connectivity index (χ4v) is 3.36. The van der Waals surface area contributed by atoms with Gasteiger partial charge in [-0.25, -0.2) is 4.68 Å². The van der Waals surface area contributed by atoms with E-state index in [4.69, 9.17) is 4.74 Å². The van der Waals surface area contributed by atoms with Crippen molar-refractivity contribution >= 4 is 11.9 Å². The van der Waals surface area contributed by atoms with Gasteiger partial charge in [-0.1, -0.05) is 12.1 Å². The molecule has 1 aliphatic heterocycles. The second kappa shape index (κ2) is 7.29. The van der Waals surface area contributed by atoms with Crippen LogP contribution >= 0.6 is 0 Å². The van der Waals surface area contributed by atoms with E-state index >= 15 is 0 Å². The third kappa shape index (κ3) is 3.77. The lowest BCUT2D eigenvalue weighted by Gasteiger charge is -2.36. The summed E-state index contributed by atoms with van der Waals surface area (Å²) in [5.41, 5.74) is 2.37. The van der Waals surface area contributed by atoms with E-state index in [0.717, 1.165) is 11.3 Å². The van der Waals surface area contributed by atoms with E-state index in [2.05, 4.69) is 10.4 Å². The number of nitrogens with one attached hydrogen (secondary N) is 1. The van der Waals surface area contributed by atoms with Gasteiger partial charge in [-0.15, -0.1) is 0 Å². The van der Waals surface area contributed by atoms with E-state index in [1.54, 1.807) is 4.68 Å². The summed E-state index contributed by atoms with van der Waals surface area (Å²) in [4.78, 5) is 24.1. The fourth-order valence-electron chi connectivity index (χ4n) is 3.36. The third-order valence-corrected chi connectivity index (χ3v) is 4.82. The molecule has 0 aliphatic carbocycles. The Morgan fingerprint density at radius 3 is 2.69 bits per heavy atom. The number of aromatic nitrogens is 2. The van der Waals surface area contributed by atoms with Crippen LogP contribution in [0.5, 0.6) is 0 Å². The summed E-state index contributed by atoms with van der Waals surface area (Å²) in [7, 11) is 0. The molecular weight excluding hydrogens is 334 g/mol. The molecule has 0 radical (unpaired) electrons. The van der Waals surface area contributed by atoms with E-state index in [9.17, 15) is 14.7 Å². The van der Waals surface area contributed by atoms with Gasteiger partial charge < -0.3 is 15.2 Å². The predicted molar refractivity (Wildman–Crippen MR) is 95.5 cm³/mol. The zero-order chi connectivity index (χ0) is 18.7. The number of nitrogens with zero attached hydrogens (tertiary/aromatic N) is 2. The van der Waals surface area contributed by atoms with Crippen LogP contribution in [0.3, 0.4) is 0 Å². The molecule has 3 rings (SSSR count). The van der Waals surface area contributed by atoms with Crippen molar-refractivity contribution in [3.63, 3.8) is 0 Å². The number of carboxylic acids is 1. The van der Waals surface area contributed by atoms with Crippen molar-refractivity contribution in [2.45, 2.75) is 38.6 Å². The summed E-state index contributed by atoms with van der Waals surface area (Å²) in [6.07, 6.45) is 2.38. The van der Waals surface area contributed by atoms with Crippen LogP contribution in [0.15, 0.2) is 30.5 Å². The van der Waals surface area contributed by atoms with Gasteiger partial charge in [0.25, 0.3) is 5.91 Å². The molecule has 0 saturated carbocycles. The first-order valence-corrected chi connectivity index (χ1v) is 8.64. The minimum absolute atomic E-state index is 0.118. The van der Waals surface area contributed by atoms with Crippen LogP contribution in [-0.4, -0.2) is 45.5 Å². The van der Waals surface area contributed by atoms with Gasteiger partial charge in [0.2, 0.25) is 0 Å². The molecule has 26 heavy (non-hydrogen) atoms. The molecule has 7 heteroatoms. The van der Waals surface area contributed by atoms with Gasteiger partial charge in [-0.05, 0) is 44.4 Å². The first-order valence-electron chi connectivity index (χ1n) is 8.64. The Kier molecular flexibility index (Phi) is 5.08. The number of hydrogen-bond donors (Lipinski definition) is 2. The van der Waals surface area contributed by atoms with Crippen LogP contribution < -0.4 is 5.32 Å². The summed E-state index contributed by atoms with van der Waals surface area (Å²) < 4.78 is 7.05. The van der Waals surface area contributed by atoms with Crippen molar-refractivity contribution in [2.75, 3.05) is 13.2 Å². The molecule has 1 aromatic heterocycles. The number of amides is 1. The SMILES string of the molecule is Cc1cccc(-n2ncc(C(=O)NC3(CC(=O)O)CCOCC3)c2C)c1. The molecule has 0 bridgehead atoms. The minimum Gasteiger partial charge on any atom is -0.481 e. The van der Waals surface area contributed by atoms with Crippen molar-refractivity contribution in [3.05, 3.63) is 47.3 Å². The highest BCUT2D eigenvalue weighted by molar-refractivity contribution is 5.96. The van der Waals surface area contributed by atoms with E-state index in [1.165, 1.54) is 6.20 Å². The van der Waals surface area contributed by atoms with Gasteiger partial charge in [0, 0.05) is 13.2 Å². The number of benzene rings is 1. The summed E-state index contributed by atoms with van der Waals surface area (Å²) >= 11 is 0. The third-order valence-electron chi connectivity index (χ3n) is 4.82. The van der Waals surface area contributed by atoms with Crippen molar-refractivity contribution in [1.29, 1.82) is 0 Å². The quantitative estimate of drug-likeness (QED) is 0.856. The number of carbonyl (C=O) groups is 2. The summed E-state index contributed by atoms with van der Waals surface area (Å²) in [5, 5.41) is 16.5. The molecule has 2 aromatic rings. The molecule has 0 unspecified atom stereocenters. The molecule has 2 heterocycles. The number of rotatable bonds is 5. The standard InChI is InChI=1S/C19H23N3O4/c1-13-4-3-5-15(10-13)22-14(2)16(12-20-22)18(25)21-19(11-17(23)24)6-8-26-9-7-19/h3-5,10,12H,6-9,11H2,1-2H3,(H,21,25)(H,23,24). The van der Waals surface area contributed by atoms with Crippen molar-refractivity contribution < 1.29 is 19.4 Å². The number of ether oxygens (including phenoxy) is 1. The van der Waals surface area contributed by atoms with E-state index in [1.807, 2.05) is 38.1 Å². The van der Waals surface area contributed by atoms with Gasteiger partial charge in [0.1, 0.15) is 0 Å². The van der Waals surface area contributed by atoms with E-state index < -0.39 is 11.5 Å². The lowest BCUT2D eigenvalue weighted by Crippen LogP contribution is -2.53. The molecular formula is C19H23N3O4. The maximum Gasteiger partial charge on any atom is 0.305 e. The van der Waals surface area contributed by atoms with Gasteiger partial charge >= 0.3 is 5.97 Å². The Hall–Kier alpha value is -2.67. The molecule has 2 N–H and O–H groups in total. The molecule has 7 nitrogen and oxygen atoms in total. The van der Waals surface area contributed by atoms with Crippen LogP contribution in [-0.2, 0) is 9.53 Å². The summed E-state index contributed by atoms with van der Waals surface area (Å²) in [6.45, 7) is 4.71. The lowest BCUT2D eigenvalue weighted by atomic mass is 9.86. The average molecular weight is 357 g/mol. The Morgan fingerprint density at radius 2 is 2.04 bits per heavy atom. The molecule has 1 saturated heterocycles. The number of carboxylic acid groups (broad SMARTS) is 1. The van der Waals surface area contributed by atoms with Gasteiger partial charge in [-0.2, -0.15) is 5.10 Å². The highest BCUT2D eigenvalue weighted by Gasteiger charge is 2.37. The van der Waals surface area contributed by atoms with Gasteiger partial charge in [-0.3, -0.25) is 9.59 Å². The van der Waals surface area contributed by atoms with E-state index in [-0.39, 0.29) is 12.3 Å². The lowest BCUT2D eigenvalue weighted by molar-refractivity contribution is -0.139. The molecule has 1 fully saturated rings. The molecule has 1 aliphatic rings. The van der Waals surface area contributed by atoms with Crippen LogP contribution in [0.2, 0.25) is 0 Å². The maximum atomic E-state index is 12.8.